The third-order valence-corrected chi connectivity index (χ3v) is 4.23. The highest BCUT2D eigenvalue weighted by molar-refractivity contribution is 7.90. The molecule has 0 fully saturated rings. The van der Waals surface area contributed by atoms with Crippen LogP contribution in [-0.4, -0.2) is 32.5 Å². The average molecular weight is 315 g/mol. The Morgan fingerprint density at radius 2 is 1.76 bits per heavy atom. The predicted octanol–water partition coefficient (Wildman–Crippen LogP) is 2.81. The van der Waals surface area contributed by atoms with E-state index in [1.54, 1.807) is 12.1 Å². The Bertz CT molecular complexity index is 532. The summed E-state index contributed by atoms with van der Waals surface area (Å²) < 4.78 is 35.7. The van der Waals surface area contributed by atoms with E-state index in [9.17, 15) is 12.8 Å². The van der Waals surface area contributed by atoms with Gasteiger partial charge in [-0.05, 0) is 63.8 Å². The quantitative estimate of drug-likeness (QED) is 0.841. The molecule has 0 amide bonds. The van der Waals surface area contributed by atoms with Crippen LogP contribution < -0.4 is 5.32 Å². The van der Waals surface area contributed by atoms with Gasteiger partial charge in [-0.2, -0.15) is 0 Å². The second-order valence-corrected chi connectivity index (χ2v) is 9.01. The first-order valence-corrected chi connectivity index (χ1v) is 9.28. The van der Waals surface area contributed by atoms with Gasteiger partial charge in [-0.3, -0.25) is 0 Å². The second kappa shape index (κ2) is 7.36. The molecule has 0 saturated heterocycles. The number of benzene rings is 1. The van der Waals surface area contributed by atoms with Gasteiger partial charge in [0.2, 0.25) is 0 Å². The highest BCUT2D eigenvalue weighted by atomic mass is 32.2. The first-order chi connectivity index (χ1) is 9.55. The standard InChI is InChI=1S/C16H26FNO2S/c1-16(2,3)18-12-14(9-10-21(4,19)20)11-13-5-7-15(17)8-6-13/h5-8,14,18H,9-12H2,1-4H3. The third kappa shape index (κ3) is 8.83. The fourth-order valence-electron chi connectivity index (χ4n) is 2.06. The van der Waals surface area contributed by atoms with Crippen molar-refractivity contribution in [1.82, 2.24) is 5.32 Å². The van der Waals surface area contributed by atoms with Crippen LogP contribution in [0.15, 0.2) is 24.3 Å². The van der Waals surface area contributed by atoms with Gasteiger partial charge in [-0.25, -0.2) is 12.8 Å². The van der Waals surface area contributed by atoms with E-state index in [2.05, 4.69) is 26.1 Å². The zero-order valence-corrected chi connectivity index (χ0v) is 14.1. The lowest BCUT2D eigenvalue weighted by Gasteiger charge is -2.25. The molecule has 0 aliphatic rings. The number of hydrogen-bond donors (Lipinski definition) is 1. The number of rotatable bonds is 7. The van der Waals surface area contributed by atoms with Crippen molar-refractivity contribution in [2.24, 2.45) is 5.92 Å². The van der Waals surface area contributed by atoms with Crippen molar-refractivity contribution in [3.05, 3.63) is 35.6 Å². The van der Waals surface area contributed by atoms with Crippen LogP contribution in [0.2, 0.25) is 0 Å². The van der Waals surface area contributed by atoms with Crippen LogP contribution >= 0.6 is 0 Å². The summed E-state index contributed by atoms with van der Waals surface area (Å²) in [5, 5.41) is 3.42. The van der Waals surface area contributed by atoms with Gasteiger partial charge in [0.1, 0.15) is 15.7 Å². The minimum absolute atomic E-state index is 0.00780. The van der Waals surface area contributed by atoms with Gasteiger partial charge in [-0.15, -0.1) is 0 Å². The number of nitrogens with one attached hydrogen (secondary N) is 1. The fourth-order valence-corrected chi connectivity index (χ4v) is 2.82. The van der Waals surface area contributed by atoms with E-state index in [1.807, 2.05) is 0 Å². The Kier molecular flexibility index (Phi) is 6.35. The van der Waals surface area contributed by atoms with Crippen molar-refractivity contribution < 1.29 is 12.8 Å². The highest BCUT2D eigenvalue weighted by Gasteiger charge is 2.17. The highest BCUT2D eigenvalue weighted by Crippen LogP contribution is 2.15. The Morgan fingerprint density at radius 3 is 2.24 bits per heavy atom. The lowest BCUT2D eigenvalue weighted by atomic mass is 9.95. The molecular formula is C16H26FNO2S. The molecule has 5 heteroatoms. The molecule has 3 nitrogen and oxygen atoms in total. The van der Waals surface area contributed by atoms with Crippen molar-refractivity contribution in [1.29, 1.82) is 0 Å². The van der Waals surface area contributed by atoms with Gasteiger partial charge < -0.3 is 5.32 Å². The topological polar surface area (TPSA) is 46.2 Å². The average Bonchev–Trinajstić information content (AvgIpc) is 2.33. The van der Waals surface area contributed by atoms with Crippen LogP contribution in [0, 0.1) is 11.7 Å². The molecule has 0 bridgehead atoms. The summed E-state index contributed by atoms with van der Waals surface area (Å²) in [6.07, 6.45) is 2.62. The fraction of sp³-hybridized carbons (Fsp3) is 0.625. The van der Waals surface area contributed by atoms with E-state index >= 15 is 0 Å². The first-order valence-electron chi connectivity index (χ1n) is 7.22. The first kappa shape index (κ1) is 18.1. The van der Waals surface area contributed by atoms with Gasteiger partial charge in [-0.1, -0.05) is 12.1 Å². The molecule has 21 heavy (non-hydrogen) atoms. The minimum atomic E-state index is -2.96. The summed E-state index contributed by atoms with van der Waals surface area (Å²) in [4.78, 5) is 0. The molecule has 1 atom stereocenters. The van der Waals surface area contributed by atoms with Gasteiger partial charge in [0.15, 0.2) is 0 Å². The second-order valence-electron chi connectivity index (χ2n) is 6.75. The molecule has 0 spiro atoms. The van der Waals surface area contributed by atoms with Crippen molar-refractivity contribution in [2.75, 3.05) is 18.6 Å². The SMILES string of the molecule is CC(C)(C)NCC(CCS(C)(=O)=O)Cc1ccc(F)cc1. The number of hydrogen-bond acceptors (Lipinski definition) is 3. The Morgan fingerprint density at radius 1 is 1.19 bits per heavy atom. The van der Waals surface area contributed by atoms with Crippen molar-refractivity contribution >= 4 is 9.84 Å². The normalized spacial score (nSPS) is 14.1. The Balaban J connectivity index is 2.68. The lowest BCUT2D eigenvalue weighted by Crippen LogP contribution is -2.40. The van der Waals surface area contributed by atoms with Crippen LogP contribution in [0.4, 0.5) is 4.39 Å². The van der Waals surface area contributed by atoms with Gasteiger partial charge >= 0.3 is 0 Å². The summed E-state index contributed by atoms with van der Waals surface area (Å²) in [6, 6.07) is 6.42. The predicted molar refractivity (Wildman–Crippen MR) is 85.7 cm³/mol. The Hall–Kier alpha value is -0.940. The largest absolute Gasteiger partial charge is 0.312 e. The van der Waals surface area contributed by atoms with E-state index in [0.717, 1.165) is 18.5 Å². The summed E-state index contributed by atoms with van der Waals surface area (Å²) in [5.41, 5.74) is 1.03. The molecule has 120 valence electrons. The monoisotopic (exact) mass is 315 g/mol. The summed E-state index contributed by atoms with van der Waals surface area (Å²) in [6.45, 7) is 6.99. The van der Waals surface area contributed by atoms with Crippen LogP contribution in [0.5, 0.6) is 0 Å². The van der Waals surface area contributed by atoms with Crippen molar-refractivity contribution in [3.63, 3.8) is 0 Å². The summed E-state index contributed by atoms with van der Waals surface area (Å²) >= 11 is 0. The van der Waals surface area contributed by atoms with E-state index < -0.39 is 9.84 Å². The maximum Gasteiger partial charge on any atom is 0.147 e. The zero-order chi connectivity index (χ0) is 16.1. The molecule has 0 aliphatic heterocycles. The molecule has 1 aromatic rings. The number of sulfone groups is 1. The maximum atomic E-state index is 12.9. The molecule has 0 saturated carbocycles. The number of halogens is 1. The third-order valence-electron chi connectivity index (χ3n) is 3.26. The summed E-state index contributed by atoms with van der Waals surface area (Å²) in [5.74, 6) is 0.147. The maximum absolute atomic E-state index is 12.9. The molecule has 1 unspecified atom stereocenters. The van der Waals surface area contributed by atoms with Crippen molar-refractivity contribution in [2.45, 2.75) is 39.2 Å². The smallest absolute Gasteiger partial charge is 0.147 e. The Labute approximate surface area is 127 Å². The van der Waals surface area contributed by atoms with Crippen molar-refractivity contribution in [3.8, 4) is 0 Å². The molecule has 1 aromatic carbocycles. The van der Waals surface area contributed by atoms with E-state index in [1.165, 1.54) is 18.4 Å². The summed E-state index contributed by atoms with van der Waals surface area (Å²) in [7, 11) is -2.96. The molecule has 1 rings (SSSR count). The van der Waals surface area contributed by atoms with E-state index in [4.69, 9.17) is 0 Å². The minimum Gasteiger partial charge on any atom is -0.312 e. The van der Waals surface area contributed by atoms with Crippen LogP contribution in [0.3, 0.4) is 0 Å². The molecular weight excluding hydrogens is 289 g/mol. The van der Waals surface area contributed by atoms with E-state index in [0.29, 0.717) is 6.42 Å². The van der Waals surface area contributed by atoms with Gasteiger partial charge in [0.25, 0.3) is 0 Å². The zero-order valence-electron chi connectivity index (χ0n) is 13.3. The lowest BCUT2D eigenvalue weighted by molar-refractivity contribution is 0.363. The van der Waals surface area contributed by atoms with Crippen LogP contribution in [0.25, 0.3) is 0 Å². The molecule has 0 heterocycles. The van der Waals surface area contributed by atoms with Crippen LogP contribution in [0.1, 0.15) is 32.8 Å². The molecule has 0 radical (unpaired) electrons. The van der Waals surface area contributed by atoms with Gasteiger partial charge in [0.05, 0.1) is 5.75 Å². The molecule has 1 N–H and O–H groups in total. The molecule has 0 aromatic heterocycles. The van der Waals surface area contributed by atoms with E-state index in [-0.39, 0.29) is 23.0 Å². The van der Waals surface area contributed by atoms with Crippen LogP contribution in [-0.2, 0) is 16.3 Å². The molecule has 0 aliphatic carbocycles. The van der Waals surface area contributed by atoms with Gasteiger partial charge in [0, 0.05) is 11.8 Å².